The van der Waals surface area contributed by atoms with Crippen LogP contribution in [0.15, 0.2) is 54.6 Å². The first-order valence-corrected chi connectivity index (χ1v) is 8.47. The summed E-state index contributed by atoms with van der Waals surface area (Å²) in [6.45, 7) is 0. The summed E-state index contributed by atoms with van der Waals surface area (Å²) in [6, 6.07) is 18.4. The van der Waals surface area contributed by atoms with Crippen LogP contribution in [-0.4, -0.2) is 18.1 Å². The van der Waals surface area contributed by atoms with Crippen LogP contribution in [0.3, 0.4) is 0 Å². The van der Waals surface area contributed by atoms with Gasteiger partial charge in [-0.15, -0.1) is 0 Å². The van der Waals surface area contributed by atoms with E-state index in [1.54, 1.807) is 7.05 Å². The number of aromatic nitrogens is 1. The quantitative estimate of drug-likeness (QED) is 0.677. The molecule has 5 heteroatoms. The van der Waals surface area contributed by atoms with Gasteiger partial charge < -0.3 is 16.0 Å². The van der Waals surface area contributed by atoms with Crippen molar-refractivity contribution in [2.75, 3.05) is 17.7 Å². The summed E-state index contributed by atoms with van der Waals surface area (Å²) in [5.41, 5.74) is 4.44. The second-order valence-electron chi connectivity index (χ2n) is 6.24. The molecule has 3 aromatic rings. The van der Waals surface area contributed by atoms with E-state index < -0.39 is 0 Å². The molecule has 3 N–H and O–H groups in total. The largest absolute Gasteiger partial charge is 0.363 e. The maximum absolute atomic E-state index is 11.4. The minimum absolute atomic E-state index is 0.231. The molecule has 5 nitrogen and oxygen atoms in total. The molecule has 0 radical (unpaired) electrons. The molecule has 0 unspecified atom stereocenters. The van der Waals surface area contributed by atoms with E-state index in [9.17, 15) is 4.79 Å². The van der Waals surface area contributed by atoms with Gasteiger partial charge in [0, 0.05) is 18.1 Å². The molecule has 0 bridgehead atoms. The van der Waals surface area contributed by atoms with E-state index in [-0.39, 0.29) is 6.03 Å². The van der Waals surface area contributed by atoms with Gasteiger partial charge in [-0.25, -0.2) is 9.78 Å². The molecule has 1 atom stereocenters. The Morgan fingerprint density at radius 1 is 1.12 bits per heavy atom. The molecule has 0 aliphatic heterocycles. The number of pyridine rings is 1. The van der Waals surface area contributed by atoms with E-state index in [1.807, 2.05) is 30.3 Å². The van der Waals surface area contributed by atoms with Gasteiger partial charge in [0.1, 0.15) is 5.82 Å². The fourth-order valence-corrected chi connectivity index (χ4v) is 3.36. The van der Waals surface area contributed by atoms with E-state index in [0.717, 1.165) is 35.2 Å². The van der Waals surface area contributed by atoms with Crippen molar-refractivity contribution < 1.29 is 4.79 Å². The number of carbonyl (C=O) groups is 1. The van der Waals surface area contributed by atoms with Crippen molar-refractivity contribution in [3.8, 4) is 0 Å². The Bertz CT molecular complexity index is 938. The zero-order valence-electron chi connectivity index (χ0n) is 14.0. The highest BCUT2D eigenvalue weighted by molar-refractivity contribution is 5.92. The third-order valence-electron chi connectivity index (χ3n) is 4.63. The first-order chi connectivity index (χ1) is 12.2. The summed E-state index contributed by atoms with van der Waals surface area (Å²) < 4.78 is 0. The number of carbonyl (C=O) groups excluding carboxylic acids is 1. The van der Waals surface area contributed by atoms with Gasteiger partial charge in [-0.05, 0) is 54.3 Å². The molecule has 4 rings (SSSR count). The topological polar surface area (TPSA) is 66.0 Å². The molecule has 2 amide bonds. The van der Waals surface area contributed by atoms with Crippen LogP contribution in [0.1, 0.15) is 23.6 Å². The molecular weight excluding hydrogens is 312 g/mol. The molecule has 0 spiro atoms. The van der Waals surface area contributed by atoms with Gasteiger partial charge in [-0.2, -0.15) is 0 Å². The Labute approximate surface area is 146 Å². The molecule has 1 heterocycles. The van der Waals surface area contributed by atoms with Gasteiger partial charge in [0.15, 0.2) is 0 Å². The van der Waals surface area contributed by atoms with E-state index in [4.69, 9.17) is 4.98 Å². The standard InChI is InChI=1S/C20H20N4O/c1-21-20(25)22-15-8-10-17-14(12-15)7-11-19(23-17)24-18-9-6-13-4-2-3-5-16(13)18/h2-5,7-8,10-12,18H,6,9H2,1H3,(H,23,24)(H2,21,22,25)/t18-/m1/s1. The lowest BCUT2D eigenvalue weighted by molar-refractivity contribution is 0.254. The Hall–Kier alpha value is -3.08. The highest BCUT2D eigenvalue weighted by Gasteiger charge is 2.21. The normalized spacial score (nSPS) is 15.6. The summed E-state index contributed by atoms with van der Waals surface area (Å²) in [5, 5.41) is 9.86. The number of nitrogens with zero attached hydrogens (tertiary/aromatic N) is 1. The average Bonchev–Trinajstić information content (AvgIpc) is 3.05. The van der Waals surface area contributed by atoms with Crippen molar-refractivity contribution in [3.05, 3.63) is 65.7 Å². The molecule has 0 saturated heterocycles. The number of hydrogen-bond donors (Lipinski definition) is 3. The number of hydrogen-bond acceptors (Lipinski definition) is 3. The third kappa shape index (κ3) is 3.13. The Morgan fingerprint density at radius 2 is 2.00 bits per heavy atom. The minimum atomic E-state index is -0.231. The number of nitrogens with one attached hydrogen (secondary N) is 3. The van der Waals surface area contributed by atoms with Crippen LogP contribution < -0.4 is 16.0 Å². The summed E-state index contributed by atoms with van der Waals surface area (Å²) in [4.78, 5) is 16.1. The predicted molar refractivity (Wildman–Crippen MR) is 101 cm³/mol. The van der Waals surface area contributed by atoms with E-state index in [1.165, 1.54) is 11.1 Å². The molecule has 1 aromatic heterocycles. The Kier molecular flexibility index (Phi) is 3.98. The lowest BCUT2D eigenvalue weighted by Crippen LogP contribution is -2.24. The molecule has 0 saturated carbocycles. The number of aryl methyl sites for hydroxylation is 1. The van der Waals surface area contributed by atoms with Crippen LogP contribution in [0, 0.1) is 0 Å². The minimum Gasteiger partial charge on any atom is -0.363 e. The highest BCUT2D eigenvalue weighted by atomic mass is 16.2. The van der Waals surface area contributed by atoms with Crippen LogP contribution in [0.5, 0.6) is 0 Å². The smallest absolute Gasteiger partial charge is 0.318 e. The van der Waals surface area contributed by atoms with Crippen molar-refractivity contribution in [1.82, 2.24) is 10.3 Å². The third-order valence-corrected chi connectivity index (χ3v) is 4.63. The summed E-state index contributed by atoms with van der Waals surface area (Å²) in [5.74, 6) is 0.876. The lowest BCUT2D eigenvalue weighted by atomic mass is 10.1. The number of amides is 2. The number of benzene rings is 2. The van der Waals surface area contributed by atoms with Gasteiger partial charge in [-0.1, -0.05) is 24.3 Å². The van der Waals surface area contributed by atoms with E-state index in [0.29, 0.717) is 6.04 Å². The second-order valence-corrected chi connectivity index (χ2v) is 6.24. The van der Waals surface area contributed by atoms with Crippen LogP contribution in [-0.2, 0) is 6.42 Å². The Morgan fingerprint density at radius 3 is 2.88 bits per heavy atom. The molecular formula is C20H20N4O. The first kappa shape index (κ1) is 15.4. The zero-order chi connectivity index (χ0) is 17.2. The molecule has 1 aliphatic carbocycles. The monoisotopic (exact) mass is 332 g/mol. The summed E-state index contributed by atoms with van der Waals surface area (Å²) >= 11 is 0. The Balaban J connectivity index is 1.56. The average molecular weight is 332 g/mol. The molecule has 1 aliphatic rings. The molecule has 25 heavy (non-hydrogen) atoms. The fraction of sp³-hybridized carbons (Fsp3) is 0.200. The SMILES string of the molecule is CNC(=O)Nc1ccc2nc(N[C@@H]3CCc4ccccc43)ccc2c1. The number of fused-ring (bicyclic) bond motifs is 2. The number of rotatable bonds is 3. The van der Waals surface area contributed by atoms with Gasteiger partial charge in [0.05, 0.1) is 11.6 Å². The molecule has 126 valence electrons. The van der Waals surface area contributed by atoms with Crippen LogP contribution >= 0.6 is 0 Å². The summed E-state index contributed by atoms with van der Waals surface area (Å²) in [6.07, 6.45) is 2.20. The van der Waals surface area contributed by atoms with Crippen LogP contribution in [0.4, 0.5) is 16.3 Å². The lowest BCUT2D eigenvalue weighted by Gasteiger charge is -2.15. The van der Waals surface area contributed by atoms with Crippen molar-refractivity contribution in [1.29, 1.82) is 0 Å². The molecule has 0 fully saturated rings. The molecule has 2 aromatic carbocycles. The highest BCUT2D eigenvalue weighted by Crippen LogP contribution is 2.33. The van der Waals surface area contributed by atoms with Gasteiger partial charge in [0.25, 0.3) is 0 Å². The van der Waals surface area contributed by atoms with E-state index in [2.05, 4.69) is 40.2 Å². The summed E-state index contributed by atoms with van der Waals surface area (Å²) in [7, 11) is 1.59. The van der Waals surface area contributed by atoms with Crippen molar-refractivity contribution in [2.24, 2.45) is 0 Å². The fourth-order valence-electron chi connectivity index (χ4n) is 3.36. The van der Waals surface area contributed by atoms with Crippen LogP contribution in [0.25, 0.3) is 10.9 Å². The van der Waals surface area contributed by atoms with Crippen molar-refractivity contribution >= 4 is 28.4 Å². The maximum atomic E-state index is 11.4. The zero-order valence-corrected chi connectivity index (χ0v) is 14.0. The van der Waals surface area contributed by atoms with Crippen LogP contribution in [0.2, 0.25) is 0 Å². The van der Waals surface area contributed by atoms with Crippen molar-refractivity contribution in [2.45, 2.75) is 18.9 Å². The number of anilines is 2. The maximum Gasteiger partial charge on any atom is 0.318 e. The first-order valence-electron chi connectivity index (χ1n) is 8.47. The van der Waals surface area contributed by atoms with Gasteiger partial charge >= 0.3 is 6.03 Å². The number of urea groups is 1. The second kappa shape index (κ2) is 6.43. The van der Waals surface area contributed by atoms with Crippen molar-refractivity contribution in [3.63, 3.8) is 0 Å². The van der Waals surface area contributed by atoms with Gasteiger partial charge in [0.2, 0.25) is 0 Å². The van der Waals surface area contributed by atoms with E-state index >= 15 is 0 Å². The van der Waals surface area contributed by atoms with Gasteiger partial charge in [-0.3, -0.25) is 0 Å². The predicted octanol–water partition coefficient (Wildman–Crippen LogP) is 4.09.